The highest BCUT2D eigenvalue weighted by molar-refractivity contribution is 7.89. The van der Waals surface area contributed by atoms with Crippen LogP contribution in [-0.2, 0) is 14.8 Å². The summed E-state index contributed by atoms with van der Waals surface area (Å²) < 4.78 is 30.3. The van der Waals surface area contributed by atoms with Gasteiger partial charge in [-0.25, -0.2) is 17.9 Å². The largest absolute Gasteiger partial charge is 0.449 e. The van der Waals surface area contributed by atoms with E-state index in [-0.39, 0.29) is 41.3 Å². The molecule has 4 saturated carbocycles. The van der Waals surface area contributed by atoms with E-state index in [0.717, 1.165) is 51.4 Å². The highest BCUT2D eigenvalue weighted by Crippen LogP contribution is 2.69. The molecule has 0 aromatic carbocycles. The summed E-state index contributed by atoms with van der Waals surface area (Å²) in [4.78, 5) is 11.9. The SMILES string of the molecule is CC[C@H]1[C@@H](O)[C@@H]2[C@H](CC[C@]3(C)[C@@H]([C@H](C)CCOC(=O)NS(=O)(=O)CC)CC[C@@H]23)[C@@]2(C)CC[C@@H](O)C[C@@H]12. The Hall–Kier alpha value is -0.860. The molecule has 0 unspecified atom stereocenters. The number of hydrogen-bond acceptors (Lipinski definition) is 6. The van der Waals surface area contributed by atoms with Gasteiger partial charge in [-0.05, 0) is 111 Å². The van der Waals surface area contributed by atoms with Crippen molar-refractivity contribution in [1.29, 1.82) is 0 Å². The average molecular weight is 528 g/mol. The van der Waals surface area contributed by atoms with E-state index >= 15 is 0 Å². The van der Waals surface area contributed by atoms with Crippen LogP contribution in [0.15, 0.2) is 0 Å². The Balaban J connectivity index is 1.45. The molecule has 36 heavy (non-hydrogen) atoms. The lowest BCUT2D eigenvalue weighted by molar-refractivity contribution is -0.203. The minimum Gasteiger partial charge on any atom is -0.449 e. The molecular formula is C28H49NO6S. The third-order valence-corrected chi connectivity index (χ3v) is 12.8. The van der Waals surface area contributed by atoms with Gasteiger partial charge < -0.3 is 14.9 Å². The molecule has 0 spiro atoms. The summed E-state index contributed by atoms with van der Waals surface area (Å²) >= 11 is 0. The van der Waals surface area contributed by atoms with E-state index in [4.69, 9.17) is 4.74 Å². The summed E-state index contributed by atoms with van der Waals surface area (Å²) in [7, 11) is -3.61. The third kappa shape index (κ3) is 4.84. The second kappa shape index (κ2) is 10.4. The fourth-order valence-corrected chi connectivity index (χ4v) is 10.2. The summed E-state index contributed by atoms with van der Waals surface area (Å²) in [6.45, 7) is 11.0. The zero-order valence-corrected chi connectivity index (χ0v) is 23.7. The molecule has 0 aromatic heterocycles. The van der Waals surface area contributed by atoms with Gasteiger partial charge in [0.15, 0.2) is 0 Å². The van der Waals surface area contributed by atoms with Gasteiger partial charge in [0.1, 0.15) is 0 Å². The first-order valence-electron chi connectivity index (χ1n) is 14.4. The number of nitrogens with one attached hydrogen (secondary N) is 1. The number of aliphatic hydroxyl groups is 2. The second-order valence-electron chi connectivity index (χ2n) is 13.0. The molecule has 0 aliphatic heterocycles. The molecule has 4 aliphatic carbocycles. The highest BCUT2D eigenvalue weighted by atomic mass is 32.2. The Labute approximate surface area is 218 Å². The van der Waals surface area contributed by atoms with Crippen molar-refractivity contribution in [3.63, 3.8) is 0 Å². The van der Waals surface area contributed by atoms with Crippen LogP contribution in [0.2, 0.25) is 0 Å². The van der Waals surface area contributed by atoms with Crippen LogP contribution in [0.25, 0.3) is 0 Å². The summed E-state index contributed by atoms with van der Waals surface area (Å²) in [6, 6.07) is 0. The van der Waals surface area contributed by atoms with E-state index < -0.39 is 16.1 Å². The van der Waals surface area contributed by atoms with Gasteiger partial charge in [0, 0.05) is 0 Å². The van der Waals surface area contributed by atoms with Crippen LogP contribution in [-0.4, -0.2) is 49.3 Å². The zero-order valence-electron chi connectivity index (χ0n) is 22.9. The van der Waals surface area contributed by atoms with Crippen molar-refractivity contribution in [3.8, 4) is 0 Å². The Bertz CT molecular complexity index is 910. The van der Waals surface area contributed by atoms with Crippen molar-refractivity contribution >= 4 is 16.1 Å². The molecule has 0 aromatic rings. The fourth-order valence-electron chi connectivity index (χ4n) is 9.70. The molecule has 3 N–H and O–H groups in total. The molecule has 4 rings (SSSR count). The number of amides is 1. The lowest BCUT2D eigenvalue weighted by atomic mass is 9.41. The number of rotatable bonds is 7. The Morgan fingerprint density at radius 3 is 2.36 bits per heavy atom. The van der Waals surface area contributed by atoms with E-state index in [1.807, 2.05) is 4.72 Å². The van der Waals surface area contributed by atoms with Gasteiger partial charge in [0.05, 0.1) is 24.6 Å². The Kier molecular flexibility index (Phi) is 8.11. The monoisotopic (exact) mass is 527 g/mol. The summed E-state index contributed by atoms with van der Waals surface area (Å²) in [5.41, 5.74) is 0.361. The van der Waals surface area contributed by atoms with Crippen molar-refractivity contribution in [2.75, 3.05) is 12.4 Å². The van der Waals surface area contributed by atoms with Crippen molar-refractivity contribution in [2.45, 2.75) is 105 Å². The molecule has 0 saturated heterocycles. The quantitative estimate of drug-likeness (QED) is 0.442. The predicted octanol–water partition coefficient (Wildman–Crippen LogP) is 4.72. The standard InChI is InChI=1S/C28H49NO6S/c1-6-19-23-16-18(30)10-13-28(23,5)22-11-14-27(4)20(8-9-21(27)24(22)25(19)31)17(3)12-15-35-26(32)29-36(33,34)7-2/h17-25,30-31H,6-16H2,1-5H3,(H,29,32)/t17-,18-,19-,20-,21+,22+,23+,24+,25-,27-,28-/m1/s1. The molecule has 11 atom stereocenters. The number of carbonyl (C=O) groups excluding carboxylic acids is 1. The molecule has 0 bridgehead atoms. The van der Waals surface area contributed by atoms with Crippen LogP contribution in [0.3, 0.4) is 0 Å². The van der Waals surface area contributed by atoms with Crippen LogP contribution in [0, 0.1) is 52.3 Å². The number of hydrogen-bond donors (Lipinski definition) is 3. The Morgan fingerprint density at radius 1 is 1.03 bits per heavy atom. The van der Waals surface area contributed by atoms with Gasteiger partial charge in [-0.2, -0.15) is 0 Å². The minimum atomic E-state index is -3.61. The molecule has 208 valence electrons. The van der Waals surface area contributed by atoms with E-state index in [1.165, 1.54) is 6.92 Å². The maximum atomic E-state index is 11.9. The second-order valence-corrected chi connectivity index (χ2v) is 15.0. The summed E-state index contributed by atoms with van der Waals surface area (Å²) in [5, 5.41) is 22.3. The maximum absolute atomic E-state index is 11.9. The maximum Gasteiger partial charge on any atom is 0.420 e. The molecule has 0 radical (unpaired) electrons. The molecule has 4 aliphatic rings. The summed E-state index contributed by atoms with van der Waals surface area (Å²) in [6.07, 6.45) is 7.63. The first-order valence-corrected chi connectivity index (χ1v) is 16.1. The normalized spacial score (nSPS) is 45.2. The van der Waals surface area contributed by atoms with Crippen molar-refractivity contribution < 1.29 is 28.2 Å². The molecular weight excluding hydrogens is 478 g/mol. The molecule has 8 heteroatoms. The van der Waals surface area contributed by atoms with Crippen LogP contribution >= 0.6 is 0 Å². The van der Waals surface area contributed by atoms with Gasteiger partial charge in [0.25, 0.3) is 0 Å². The lowest BCUT2D eigenvalue weighted by Crippen LogP contribution is -2.62. The Morgan fingerprint density at radius 2 is 1.69 bits per heavy atom. The van der Waals surface area contributed by atoms with Crippen molar-refractivity contribution in [1.82, 2.24) is 4.72 Å². The van der Waals surface area contributed by atoms with Crippen LogP contribution in [0.4, 0.5) is 4.79 Å². The molecule has 4 fully saturated rings. The topological polar surface area (TPSA) is 113 Å². The van der Waals surface area contributed by atoms with Crippen molar-refractivity contribution in [2.24, 2.45) is 52.3 Å². The third-order valence-electron chi connectivity index (χ3n) is 11.6. The molecule has 1 amide bonds. The lowest BCUT2D eigenvalue weighted by Gasteiger charge is -2.64. The first kappa shape index (κ1) is 28.2. The van der Waals surface area contributed by atoms with Gasteiger partial charge in [0.2, 0.25) is 10.0 Å². The predicted molar refractivity (Wildman–Crippen MR) is 140 cm³/mol. The van der Waals surface area contributed by atoms with Crippen molar-refractivity contribution in [3.05, 3.63) is 0 Å². The van der Waals surface area contributed by atoms with Crippen LogP contribution in [0.1, 0.15) is 92.4 Å². The minimum absolute atomic E-state index is 0.158. The first-order chi connectivity index (χ1) is 16.9. The van der Waals surface area contributed by atoms with Gasteiger partial charge in [-0.1, -0.05) is 34.1 Å². The number of aliphatic hydroxyl groups excluding tert-OH is 2. The van der Waals surface area contributed by atoms with E-state index in [0.29, 0.717) is 41.9 Å². The van der Waals surface area contributed by atoms with E-state index in [1.54, 1.807) is 0 Å². The van der Waals surface area contributed by atoms with E-state index in [2.05, 4.69) is 27.7 Å². The molecule has 7 nitrogen and oxygen atoms in total. The van der Waals surface area contributed by atoms with Gasteiger partial charge in [-0.15, -0.1) is 0 Å². The number of fused-ring (bicyclic) bond motifs is 5. The van der Waals surface area contributed by atoms with Crippen LogP contribution in [0.5, 0.6) is 0 Å². The highest BCUT2D eigenvalue weighted by Gasteiger charge is 2.64. The fraction of sp³-hybridized carbons (Fsp3) is 0.964. The summed E-state index contributed by atoms with van der Waals surface area (Å²) in [5.74, 6) is 2.70. The van der Waals surface area contributed by atoms with Crippen LogP contribution < -0.4 is 4.72 Å². The van der Waals surface area contributed by atoms with E-state index in [9.17, 15) is 23.4 Å². The average Bonchev–Trinajstić information content (AvgIpc) is 3.17. The smallest absolute Gasteiger partial charge is 0.420 e. The van der Waals surface area contributed by atoms with Gasteiger partial charge in [-0.3, -0.25) is 0 Å². The molecule has 0 heterocycles. The number of ether oxygens (including phenoxy) is 1. The van der Waals surface area contributed by atoms with Gasteiger partial charge >= 0.3 is 6.09 Å². The number of carbonyl (C=O) groups is 1. The zero-order chi connectivity index (χ0) is 26.5. The number of sulfonamides is 1.